The number of aromatic nitrogens is 1. The van der Waals surface area contributed by atoms with Crippen molar-refractivity contribution >= 4 is 11.5 Å². The van der Waals surface area contributed by atoms with Crippen LogP contribution in [0.15, 0.2) is 12.1 Å². The summed E-state index contributed by atoms with van der Waals surface area (Å²) < 4.78 is 11.2. The van der Waals surface area contributed by atoms with Gasteiger partial charge in [-0.2, -0.15) is 4.98 Å². The van der Waals surface area contributed by atoms with Crippen molar-refractivity contribution in [2.45, 2.75) is 33.1 Å². The van der Waals surface area contributed by atoms with E-state index in [1.807, 2.05) is 12.1 Å². The number of anilines is 2. The van der Waals surface area contributed by atoms with Gasteiger partial charge >= 0.3 is 0 Å². The lowest BCUT2D eigenvalue weighted by Crippen LogP contribution is -2.37. The van der Waals surface area contributed by atoms with Crippen LogP contribution in [0.4, 0.5) is 11.5 Å². The van der Waals surface area contributed by atoms with Gasteiger partial charge in [0.25, 0.3) is 0 Å². The van der Waals surface area contributed by atoms with Gasteiger partial charge in [-0.3, -0.25) is 4.90 Å². The molecular formula is C18H32N4O2. The van der Waals surface area contributed by atoms with E-state index in [1.165, 1.54) is 0 Å². The minimum atomic E-state index is 0.521. The number of hydrogen-bond donors (Lipinski definition) is 1. The van der Waals surface area contributed by atoms with Crippen molar-refractivity contribution in [3.05, 3.63) is 12.1 Å². The molecule has 1 fully saturated rings. The molecule has 24 heavy (non-hydrogen) atoms. The van der Waals surface area contributed by atoms with Gasteiger partial charge in [-0.15, -0.1) is 0 Å². The second kappa shape index (κ2) is 10.4. The largest absolute Gasteiger partial charge is 0.478 e. The van der Waals surface area contributed by atoms with E-state index in [2.05, 4.69) is 28.6 Å². The molecule has 2 N–H and O–H groups in total. The Kier molecular flexibility index (Phi) is 8.12. The quantitative estimate of drug-likeness (QED) is 0.662. The van der Waals surface area contributed by atoms with E-state index in [-0.39, 0.29) is 0 Å². The molecule has 0 unspecified atom stereocenters. The summed E-state index contributed by atoms with van der Waals surface area (Å²) in [7, 11) is 0. The molecule has 1 aromatic rings. The molecule has 2 heterocycles. The summed E-state index contributed by atoms with van der Waals surface area (Å²) >= 11 is 0. The molecule has 0 aromatic carbocycles. The Morgan fingerprint density at radius 1 is 1.21 bits per heavy atom. The van der Waals surface area contributed by atoms with Crippen molar-refractivity contribution in [1.82, 2.24) is 9.88 Å². The van der Waals surface area contributed by atoms with Gasteiger partial charge in [0.1, 0.15) is 5.82 Å². The number of pyridine rings is 1. The zero-order valence-electron chi connectivity index (χ0n) is 15.2. The van der Waals surface area contributed by atoms with Gasteiger partial charge in [0.15, 0.2) is 0 Å². The molecule has 0 amide bonds. The summed E-state index contributed by atoms with van der Waals surface area (Å²) in [6.07, 6.45) is 3.20. The van der Waals surface area contributed by atoms with E-state index in [9.17, 15) is 0 Å². The first-order valence-corrected chi connectivity index (χ1v) is 9.18. The van der Waals surface area contributed by atoms with Crippen LogP contribution in [-0.4, -0.2) is 62.4 Å². The summed E-state index contributed by atoms with van der Waals surface area (Å²) in [5.41, 5.74) is 7.08. The molecule has 1 saturated heterocycles. The predicted molar refractivity (Wildman–Crippen MR) is 98.8 cm³/mol. The first-order chi connectivity index (χ1) is 11.7. The zero-order chi connectivity index (χ0) is 17.2. The average Bonchev–Trinajstić information content (AvgIpc) is 2.59. The highest BCUT2D eigenvalue weighted by atomic mass is 16.5. The van der Waals surface area contributed by atoms with Gasteiger partial charge in [0.2, 0.25) is 5.88 Å². The predicted octanol–water partition coefficient (Wildman–Crippen LogP) is 2.39. The van der Waals surface area contributed by atoms with E-state index < -0.39 is 0 Å². The summed E-state index contributed by atoms with van der Waals surface area (Å²) in [5.74, 6) is 1.15. The maximum Gasteiger partial charge on any atom is 0.217 e. The topological polar surface area (TPSA) is 63.8 Å². The van der Waals surface area contributed by atoms with Crippen LogP contribution in [0.25, 0.3) is 0 Å². The summed E-state index contributed by atoms with van der Waals surface area (Å²) in [5, 5.41) is 0. The van der Waals surface area contributed by atoms with Crippen molar-refractivity contribution in [2.75, 3.05) is 63.2 Å². The number of ether oxygens (including phenoxy) is 2. The molecule has 0 saturated carbocycles. The standard InChI is InChI=1S/C18H32N4O2/c1-3-6-22(7-4-2)16-14-17(19)20-18(15-16)24-11-5-8-21-9-12-23-13-10-21/h14-15H,3-13H2,1-2H3,(H2,19,20). The molecule has 6 nitrogen and oxygen atoms in total. The Bertz CT molecular complexity index is 472. The third-order valence-corrected chi connectivity index (χ3v) is 4.13. The second-order valence-electron chi connectivity index (χ2n) is 6.23. The molecule has 0 spiro atoms. The smallest absolute Gasteiger partial charge is 0.217 e. The van der Waals surface area contributed by atoms with Crippen LogP contribution in [0, 0.1) is 0 Å². The lowest BCUT2D eigenvalue weighted by atomic mass is 10.3. The van der Waals surface area contributed by atoms with Gasteiger partial charge < -0.3 is 20.1 Å². The lowest BCUT2D eigenvalue weighted by molar-refractivity contribution is 0.0357. The third kappa shape index (κ3) is 6.17. The van der Waals surface area contributed by atoms with Crippen molar-refractivity contribution in [1.29, 1.82) is 0 Å². The molecule has 1 aromatic heterocycles. The molecule has 2 rings (SSSR count). The molecule has 136 valence electrons. The highest BCUT2D eigenvalue weighted by Gasteiger charge is 2.11. The molecule has 1 aliphatic heterocycles. The number of morpholine rings is 1. The van der Waals surface area contributed by atoms with E-state index in [4.69, 9.17) is 15.2 Å². The van der Waals surface area contributed by atoms with E-state index in [0.717, 1.165) is 70.9 Å². The first kappa shape index (κ1) is 18.8. The summed E-state index contributed by atoms with van der Waals surface area (Å²) in [6, 6.07) is 3.95. The van der Waals surface area contributed by atoms with Crippen molar-refractivity contribution in [3.8, 4) is 5.88 Å². The highest BCUT2D eigenvalue weighted by molar-refractivity contribution is 5.55. The van der Waals surface area contributed by atoms with Gasteiger partial charge in [-0.05, 0) is 19.3 Å². The van der Waals surface area contributed by atoms with Crippen molar-refractivity contribution in [2.24, 2.45) is 0 Å². The number of rotatable bonds is 10. The minimum Gasteiger partial charge on any atom is -0.478 e. The maximum atomic E-state index is 5.97. The molecule has 1 aliphatic rings. The Hall–Kier alpha value is -1.53. The number of hydrogen-bond acceptors (Lipinski definition) is 6. The first-order valence-electron chi connectivity index (χ1n) is 9.18. The summed E-state index contributed by atoms with van der Waals surface area (Å²) in [6.45, 7) is 11.8. The van der Waals surface area contributed by atoms with Crippen LogP contribution in [0.3, 0.4) is 0 Å². The molecule has 0 aliphatic carbocycles. The Balaban J connectivity index is 1.85. The maximum absolute atomic E-state index is 5.97. The normalized spacial score (nSPS) is 15.4. The Morgan fingerprint density at radius 3 is 2.58 bits per heavy atom. The molecule has 6 heteroatoms. The molecule has 0 bridgehead atoms. The SMILES string of the molecule is CCCN(CCC)c1cc(N)nc(OCCCN2CCOCC2)c1. The fraction of sp³-hybridized carbons (Fsp3) is 0.722. The van der Waals surface area contributed by atoms with Crippen LogP contribution in [0.5, 0.6) is 5.88 Å². The number of nitrogens with zero attached hydrogens (tertiary/aromatic N) is 3. The van der Waals surface area contributed by atoms with E-state index in [1.54, 1.807) is 0 Å². The van der Waals surface area contributed by atoms with Gasteiger partial charge in [-0.25, -0.2) is 0 Å². The average molecular weight is 336 g/mol. The molecule has 0 atom stereocenters. The van der Waals surface area contributed by atoms with Gasteiger partial charge in [-0.1, -0.05) is 13.8 Å². The van der Waals surface area contributed by atoms with Crippen LogP contribution in [-0.2, 0) is 4.74 Å². The van der Waals surface area contributed by atoms with Crippen LogP contribution in [0.2, 0.25) is 0 Å². The molecule has 0 radical (unpaired) electrons. The second-order valence-corrected chi connectivity index (χ2v) is 6.23. The Morgan fingerprint density at radius 2 is 1.92 bits per heavy atom. The highest BCUT2D eigenvalue weighted by Crippen LogP contribution is 2.23. The van der Waals surface area contributed by atoms with Crippen LogP contribution < -0.4 is 15.4 Å². The van der Waals surface area contributed by atoms with Crippen LogP contribution in [0.1, 0.15) is 33.1 Å². The fourth-order valence-electron chi connectivity index (χ4n) is 2.97. The van der Waals surface area contributed by atoms with Crippen LogP contribution >= 0.6 is 0 Å². The fourth-order valence-corrected chi connectivity index (χ4v) is 2.97. The lowest BCUT2D eigenvalue weighted by Gasteiger charge is -2.26. The minimum absolute atomic E-state index is 0.521. The number of nitrogens with two attached hydrogens (primary N) is 1. The van der Waals surface area contributed by atoms with Gasteiger partial charge in [0.05, 0.1) is 19.8 Å². The van der Waals surface area contributed by atoms with Crippen molar-refractivity contribution < 1.29 is 9.47 Å². The number of nitrogen functional groups attached to an aromatic ring is 1. The van der Waals surface area contributed by atoms with Gasteiger partial charge in [0, 0.05) is 50.5 Å². The van der Waals surface area contributed by atoms with E-state index >= 15 is 0 Å². The monoisotopic (exact) mass is 336 g/mol. The van der Waals surface area contributed by atoms with Crippen molar-refractivity contribution in [3.63, 3.8) is 0 Å². The Labute approximate surface area is 145 Å². The zero-order valence-corrected chi connectivity index (χ0v) is 15.2. The third-order valence-electron chi connectivity index (χ3n) is 4.13. The summed E-state index contributed by atoms with van der Waals surface area (Å²) in [4.78, 5) is 9.07. The molecular weight excluding hydrogens is 304 g/mol. The van der Waals surface area contributed by atoms with E-state index in [0.29, 0.717) is 18.3 Å².